The van der Waals surface area contributed by atoms with E-state index in [9.17, 15) is 24.3 Å². The van der Waals surface area contributed by atoms with Gasteiger partial charge in [0.05, 0.1) is 6.54 Å². The van der Waals surface area contributed by atoms with Crippen LogP contribution in [0.25, 0.3) is 11.1 Å². The quantitative estimate of drug-likeness (QED) is 0.214. The summed E-state index contributed by atoms with van der Waals surface area (Å²) in [7, 11) is 0. The lowest BCUT2D eigenvalue weighted by Gasteiger charge is -2.35. The standard InChI is InChI=1S/C36H43N5O7/c1-5-11-21-19-36(21,33(44)45)39-31(42)27-18-23(48-40-29-26-15-9-8-14-24(26)25-16-10-17-37-28(25)29)20-41(27)32(43)30(35(2,3)4)38-34(46)47-22-12-6-7-13-22/h5,8-10,14-17,21-23,27,30H,1,6-7,11-13,18-20H2,2-4H3,(H,38,46)(H,39,42)(H,44,45)/b40-29-/t21-,23-,27+,30-,36-/m1/s1. The molecule has 4 aliphatic rings. The van der Waals surface area contributed by atoms with Gasteiger partial charge in [0, 0.05) is 23.7 Å². The molecule has 3 amide bonds. The largest absolute Gasteiger partial charge is 0.479 e. The summed E-state index contributed by atoms with van der Waals surface area (Å²) < 4.78 is 5.61. The predicted octanol–water partition coefficient (Wildman–Crippen LogP) is 4.42. The third kappa shape index (κ3) is 6.40. The Balaban J connectivity index is 1.26. The maximum atomic E-state index is 14.3. The van der Waals surface area contributed by atoms with Crippen LogP contribution in [0.1, 0.15) is 77.0 Å². The fourth-order valence-electron chi connectivity index (χ4n) is 7.16. The van der Waals surface area contributed by atoms with Crippen molar-refractivity contribution in [3.63, 3.8) is 0 Å². The molecule has 0 radical (unpaired) electrons. The van der Waals surface area contributed by atoms with E-state index in [0.717, 1.165) is 42.4 Å². The molecule has 3 fully saturated rings. The highest BCUT2D eigenvalue weighted by Crippen LogP contribution is 2.47. The van der Waals surface area contributed by atoms with Gasteiger partial charge < -0.3 is 30.2 Å². The predicted molar refractivity (Wildman–Crippen MR) is 177 cm³/mol. The molecule has 12 heteroatoms. The first-order valence-corrected chi connectivity index (χ1v) is 16.7. The first kappa shape index (κ1) is 33.2. The second-order valence-electron chi connectivity index (χ2n) is 14.3. The average molecular weight is 658 g/mol. The van der Waals surface area contributed by atoms with E-state index >= 15 is 0 Å². The van der Waals surface area contributed by atoms with E-state index in [0.29, 0.717) is 17.8 Å². The summed E-state index contributed by atoms with van der Waals surface area (Å²) in [6, 6.07) is 9.49. The van der Waals surface area contributed by atoms with Gasteiger partial charge in [-0.3, -0.25) is 14.6 Å². The number of nitrogens with one attached hydrogen (secondary N) is 2. The monoisotopic (exact) mass is 657 g/mol. The van der Waals surface area contributed by atoms with E-state index < -0.39 is 53.0 Å². The number of rotatable bonds is 10. The zero-order chi connectivity index (χ0) is 34.2. The Morgan fingerprint density at radius 2 is 1.81 bits per heavy atom. The van der Waals surface area contributed by atoms with Crippen LogP contribution >= 0.6 is 0 Å². The molecule has 2 heterocycles. The summed E-state index contributed by atoms with van der Waals surface area (Å²) in [4.78, 5) is 65.5. The van der Waals surface area contributed by atoms with E-state index in [1.54, 1.807) is 12.3 Å². The van der Waals surface area contributed by atoms with Gasteiger partial charge in [-0.05, 0) is 61.5 Å². The molecule has 0 spiro atoms. The number of fused-ring (bicyclic) bond motifs is 3. The van der Waals surface area contributed by atoms with Crippen LogP contribution in [0.15, 0.2) is 60.4 Å². The highest BCUT2D eigenvalue weighted by Gasteiger charge is 2.62. The van der Waals surface area contributed by atoms with Crippen LogP contribution in [0.2, 0.25) is 0 Å². The lowest BCUT2D eigenvalue weighted by atomic mass is 9.85. The number of aliphatic carboxylic acids is 1. The molecule has 1 saturated heterocycles. The first-order chi connectivity index (χ1) is 22.9. The number of carboxylic acid groups (broad SMARTS) is 1. The molecular weight excluding hydrogens is 614 g/mol. The zero-order valence-electron chi connectivity index (χ0n) is 27.6. The number of hydrogen-bond acceptors (Lipinski definition) is 8. The number of allylic oxidation sites excluding steroid dienone is 1. The molecule has 0 unspecified atom stereocenters. The highest BCUT2D eigenvalue weighted by atomic mass is 16.6. The number of carbonyl (C=O) groups is 4. The van der Waals surface area contributed by atoms with Crippen molar-refractivity contribution in [1.82, 2.24) is 20.5 Å². The Bertz CT molecular complexity index is 1600. The molecule has 2 saturated carbocycles. The summed E-state index contributed by atoms with van der Waals surface area (Å²) in [5.41, 5.74) is 1.79. The normalized spacial score (nSPS) is 25.9. The summed E-state index contributed by atoms with van der Waals surface area (Å²) in [5, 5.41) is 20.1. The van der Waals surface area contributed by atoms with Crippen LogP contribution < -0.4 is 10.6 Å². The van der Waals surface area contributed by atoms with Gasteiger partial charge in [-0.25, -0.2) is 9.59 Å². The van der Waals surface area contributed by atoms with Crippen LogP contribution in [0.5, 0.6) is 0 Å². The van der Waals surface area contributed by atoms with Gasteiger partial charge >= 0.3 is 12.1 Å². The van der Waals surface area contributed by atoms with Gasteiger partial charge in [0.25, 0.3) is 0 Å². The molecule has 3 N–H and O–H groups in total. The number of hydrogen-bond donors (Lipinski definition) is 3. The SMILES string of the molecule is C=CC[C@@H]1C[C@]1(NC(=O)[C@@H]1C[C@@H](O/N=C2/c3ccccc3-c3cccnc32)CN1C(=O)[C@@H](NC(=O)OC1CCCC1)C(C)(C)C)C(=O)O. The fraction of sp³-hybridized carbons (Fsp3) is 0.500. The van der Waals surface area contributed by atoms with Crippen molar-refractivity contribution in [2.45, 2.75) is 95.5 Å². The van der Waals surface area contributed by atoms with Gasteiger partial charge in [-0.2, -0.15) is 0 Å². The van der Waals surface area contributed by atoms with E-state index in [1.165, 1.54) is 4.90 Å². The molecular formula is C36H43N5O7. The minimum Gasteiger partial charge on any atom is -0.479 e. The van der Waals surface area contributed by atoms with Gasteiger partial charge in [0.1, 0.15) is 41.2 Å². The van der Waals surface area contributed by atoms with E-state index in [1.807, 2.05) is 57.2 Å². The Morgan fingerprint density at radius 3 is 2.50 bits per heavy atom. The summed E-state index contributed by atoms with van der Waals surface area (Å²) in [5.74, 6) is -2.53. The molecule has 3 aliphatic carbocycles. The van der Waals surface area contributed by atoms with Crippen molar-refractivity contribution >= 4 is 29.6 Å². The number of ether oxygens (including phenoxy) is 1. The number of carboxylic acids is 1. The van der Waals surface area contributed by atoms with Crippen molar-refractivity contribution in [2.24, 2.45) is 16.5 Å². The van der Waals surface area contributed by atoms with Crippen molar-refractivity contribution in [3.8, 4) is 11.1 Å². The Morgan fingerprint density at radius 1 is 1.10 bits per heavy atom. The maximum Gasteiger partial charge on any atom is 0.408 e. The van der Waals surface area contributed by atoms with Crippen LogP contribution in [-0.2, 0) is 24.0 Å². The number of nitrogens with zero attached hydrogens (tertiary/aromatic N) is 3. The molecule has 1 aromatic heterocycles. The molecule has 12 nitrogen and oxygen atoms in total. The number of benzene rings is 1. The molecule has 1 aromatic carbocycles. The number of amides is 3. The van der Waals surface area contributed by atoms with Gasteiger partial charge in [0.15, 0.2) is 0 Å². The molecule has 254 valence electrons. The average Bonchev–Trinajstić information content (AvgIpc) is 3.41. The number of likely N-dealkylation sites (tertiary alicyclic amines) is 1. The third-order valence-electron chi connectivity index (χ3n) is 9.88. The zero-order valence-corrected chi connectivity index (χ0v) is 27.6. The number of carbonyl (C=O) groups excluding carboxylic acids is 3. The molecule has 2 aromatic rings. The number of aromatic nitrogens is 1. The number of alkyl carbamates (subject to hydrolysis) is 1. The van der Waals surface area contributed by atoms with E-state index in [2.05, 4.69) is 27.4 Å². The summed E-state index contributed by atoms with van der Waals surface area (Å²) in [6.07, 6.45) is 6.01. The van der Waals surface area contributed by atoms with E-state index in [-0.39, 0.29) is 31.4 Å². The maximum absolute atomic E-state index is 14.3. The topological polar surface area (TPSA) is 160 Å². The van der Waals surface area contributed by atoms with Crippen molar-refractivity contribution in [3.05, 3.63) is 66.5 Å². The first-order valence-electron chi connectivity index (χ1n) is 16.7. The van der Waals surface area contributed by atoms with Crippen molar-refractivity contribution in [2.75, 3.05) is 6.54 Å². The molecule has 0 bridgehead atoms. The van der Waals surface area contributed by atoms with Crippen molar-refractivity contribution < 1.29 is 33.9 Å². The minimum absolute atomic E-state index is 0.00743. The van der Waals surface area contributed by atoms with Crippen LogP contribution in [0.4, 0.5) is 4.79 Å². The molecule has 48 heavy (non-hydrogen) atoms. The van der Waals surface area contributed by atoms with E-state index in [4.69, 9.17) is 9.57 Å². The number of oxime groups is 1. The van der Waals surface area contributed by atoms with Crippen LogP contribution in [0.3, 0.4) is 0 Å². The minimum atomic E-state index is -1.44. The second-order valence-corrected chi connectivity index (χ2v) is 14.3. The Hall–Kier alpha value is -4.74. The number of pyridine rings is 1. The molecule has 1 aliphatic heterocycles. The van der Waals surface area contributed by atoms with Gasteiger partial charge in [0.2, 0.25) is 11.8 Å². The van der Waals surface area contributed by atoms with Gasteiger partial charge in [-0.1, -0.05) is 62.3 Å². The van der Waals surface area contributed by atoms with Gasteiger partial charge in [-0.15, -0.1) is 6.58 Å². The lowest BCUT2D eigenvalue weighted by molar-refractivity contribution is -0.146. The van der Waals surface area contributed by atoms with Crippen LogP contribution in [-0.4, -0.2) is 81.0 Å². The van der Waals surface area contributed by atoms with Crippen molar-refractivity contribution in [1.29, 1.82) is 0 Å². The highest BCUT2D eigenvalue weighted by molar-refractivity contribution is 6.23. The second kappa shape index (κ2) is 13.0. The smallest absolute Gasteiger partial charge is 0.408 e. The Labute approximate surface area is 279 Å². The fourth-order valence-corrected chi connectivity index (χ4v) is 7.16. The van der Waals surface area contributed by atoms with Crippen LogP contribution in [0, 0.1) is 11.3 Å². The third-order valence-corrected chi connectivity index (χ3v) is 9.88. The summed E-state index contributed by atoms with van der Waals surface area (Å²) in [6.45, 7) is 9.17. The lowest BCUT2D eigenvalue weighted by Crippen LogP contribution is -2.59. The summed E-state index contributed by atoms with van der Waals surface area (Å²) >= 11 is 0. The Kier molecular flexibility index (Phi) is 9.02. The molecule has 6 rings (SSSR count). The molecule has 5 atom stereocenters.